The molecule has 0 unspecified atom stereocenters. The summed E-state index contributed by atoms with van der Waals surface area (Å²) >= 11 is 0. The topological polar surface area (TPSA) is 218 Å². The largest absolute Gasteiger partial charge is 0.477 e. The standard InChI is InChI=1S/C56H70F2N6O12/c57-43-29-39-45(63(37-17-18-37)33-41(53(39)69)55(71)72)31-47(43)59-21-25-61(26-22-59)49(65)35-75-51(67)15-13-11-9-7-5-3-1-2-4-6-8-10-12-14-16-52(68)76-36-50(66)62-27-23-60(24-28-62)48-32-46-40(30-44(48)58)54(70)42(56(73)74)34-64(46)38-19-20-38/h29-34,37-38H,1-28,35-36H2,(H,71,72)(H,73,74). The van der Waals surface area contributed by atoms with Gasteiger partial charge in [0.05, 0.1) is 22.4 Å². The van der Waals surface area contributed by atoms with Crippen molar-refractivity contribution >= 4 is 68.9 Å². The number of carbonyl (C=O) groups is 6. The lowest BCUT2D eigenvalue weighted by molar-refractivity contribution is -0.152. The number of aromatic carboxylic acids is 2. The molecule has 4 heterocycles. The number of hydrogen-bond acceptors (Lipinski definition) is 12. The first-order valence-corrected chi connectivity index (χ1v) is 27.3. The van der Waals surface area contributed by atoms with E-state index in [2.05, 4.69) is 0 Å². The lowest BCUT2D eigenvalue weighted by Gasteiger charge is -2.36. The molecule has 2 aliphatic carbocycles. The number of carbonyl (C=O) groups excluding carboxylic acids is 4. The van der Waals surface area contributed by atoms with Gasteiger partial charge in [-0.25, -0.2) is 18.4 Å². The number of piperazine rings is 2. The molecule has 2 saturated carbocycles. The van der Waals surface area contributed by atoms with E-state index in [1.807, 2.05) is 0 Å². The number of aromatic nitrogens is 2. The average molecular weight is 1060 g/mol. The molecule has 0 atom stereocenters. The molecule has 2 N–H and O–H groups in total. The Bertz CT molecular complexity index is 2720. The predicted octanol–water partition coefficient (Wildman–Crippen LogP) is 7.99. The number of benzene rings is 2. The number of halogens is 2. The predicted molar refractivity (Wildman–Crippen MR) is 280 cm³/mol. The highest BCUT2D eigenvalue weighted by molar-refractivity contribution is 5.95. The van der Waals surface area contributed by atoms with Crippen molar-refractivity contribution < 1.29 is 57.2 Å². The highest BCUT2D eigenvalue weighted by Crippen LogP contribution is 2.40. The Hall–Kier alpha value is -6.86. The molecule has 18 nitrogen and oxygen atoms in total. The minimum Gasteiger partial charge on any atom is -0.477 e. The van der Waals surface area contributed by atoms with Crippen molar-refractivity contribution in [2.24, 2.45) is 0 Å². The van der Waals surface area contributed by atoms with Crippen LogP contribution in [-0.2, 0) is 28.7 Å². The molecule has 4 fully saturated rings. The van der Waals surface area contributed by atoms with Gasteiger partial charge in [-0.05, 0) is 62.8 Å². The zero-order valence-corrected chi connectivity index (χ0v) is 43.2. The van der Waals surface area contributed by atoms with Crippen molar-refractivity contribution in [3.63, 3.8) is 0 Å². The number of fused-ring (bicyclic) bond motifs is 2. The summed E-state index contributed by atoms with van der Waals surface area (Å²) in [5.74, 6) is -5.38. The molecule has 410 valence electrons. The van der Waals surface area contributed by atoms with Crippen LogP contribution in [0.4, 0.5) is 20.2 Å². The molecule has 8 rings (SSSR count). The Morgan fingerprint density at radius 1 is 0.474 bits per heavy atom. The fraction of sp³-hybridized carbons (Fsp3) is 0.571. The van der Waals surface area contributed by atoms with E-state index in [9.17, 15) is 48.6 Å². The summed E-state index contributed by atoms with van der Waals surface area (Å²) in [6, 6.07) is 5.54. The van der Waals surface area contributed by atoms with Gasteiger partial charge in [0.15, 0.2) is 13.2 Å². The smallest absolute Gasteiger partial charge is 0.341 e. The Balaban J connectivity index is 0.593. The molecule has 2 aliphatic heterocycles. The van der Waals surface area contributed by atoms with Gasteiger partial charge in [0.2, 0.25) is 10.9 Å². The van der Waals surface area contributed by atoms with Gasteiger partial charge < -0.3 is 48.4 Å². The molecule has 2 aromatic heterocycles. The van der Waals surface area contributed by atoms with E-state index in [4.69, 9.17) is 9.47 Å². The zero-order valence-electron chi connectivity index (χ0n) is 43.2. The van der Waals surface area contributed by atoms with Gasteiger partial charge >= 0.3 is 23.9 Å². The second-order valence-electron chi connectivity index (χ2n) is 20.8. The fourth-order valence-electron chi connectivity index (χ4n) is 10.5. The number of amides is 2. The lowest BCUT2D eigenvalue weighted by Crippen LogP contribution is -2.50. The van der Waals surface area contributed by atoms with Gasteiger partial charge in [0.1, 0.15) is 22.8 Å². The summed E-state index contributed by atoms with van der Waals surface area (Å²) in [4.78, 5) is 106. The Kier molecular flexibility index (Phi) is 18.8. The summed E-state index contributed by atoms with van der Waals surface area (Å²) in [5, 5.41) is 19.1. The Morgan fingerprint density at radius 3 is 1.09 bits per heavy atom. The number of anilines is 2. The first-order valence-electron chi connectivity index (χ1n) is 27.3. The third kappa shape index (κ3) is 14.1. The van der Waals surface area contributed by atoms with E-state index in [0.29, 0.717) is 76.2 Å². The van der Waals surface area contributed by atoms with Crippen LogP contribution < -0.4 is 20.7 Å². The maximum Gasteiger partial charge on any atom is 0.341 e. The summed E-state index contributed by atoms with van der Waals surface area (Å²) in [6.45, 7) is 1.90. The molecule has 2 aromatic carbocycles. The first kappa shape index (κ1) is 55.4. The van der Waals surface area contributed by atoms with E-state index in [1.54, 1.807) is 40.9 Å². The molecule has 0 spiro atoms. The number of ether oxygens (including phenoxy) is 2. The van der Waals surface area contributed by atoms with Crippen molar-refractivity contribution in [3.8, 4) is 0 Å². The van der Waals surface area contributed by atoms with Crippen LogP contribution in [0, 0.1) is 11.6 Å². The van der Waals surface area contributed by atoms with E-state index in [1.165, 1.54) is 38.1 Å². The van der Waals surface area contributed by atoms with Gasteiger partial charge in [0, 0.05) is 100 Å². The minimum absolute atomic E-state index is 0.0288. The highest BCUT2D eigenvalue weighted by Gasteiger charge is 2.31. The molecule has 20 heteroatoms. The van der Waals surface area contributed by atoms with Crippen molar-refractivity contribution in [1.29, 1.82) is 0 Å². The number of esters is 2. The van der Waals surface area contributed by atoms with Crippen LogP contribution in [0.2, 0.25) is 0 Å². The van der Waals surface area contributed by atoms with Gasteiger partial charge in [-0.3, -0.25) is 28.8 Å². The van der Waals surface area contributed by atoms with Crippen LogP contribution in [0.25, 0.3) is 21.8 Å². The van der Waals surface area contributed by atoms with Gasteiger partial charge in [-0.2, -0.15) is 0 Å². The van der Waals surface area contributed by atoms with E-state index < -0.39 is 46.4 Å². The normalized spacial score (nSPS) is 15.9. The van der Waals surface area contributed by atoms with E-state index in [0.717, 1.165) is 89.2 Å². The van der Waals surface area contributed by atoms with Crippen LogP contribution in [0.15, 0.2) is 46.2 Å². The molecule has 2 saturated heterocycles. The number of hydrogen-bond donors (Lipinski definition) is 2. The maximum absolute atomic E-state index is 15.4. The van der Waals surface area contributed by atoms with Crippen LogP contribution in [0.1, 0.15) is 161 Å². The van der Waals surface area contributed by atoms with Gasteiger partial charge in [-0.15, -0.1) is 0 Å². The number of nitrogens with zero attached hydrogens (tertiary/aromatic N) is 6. The van der Waals surface area contributed by atoms with E-state index >= 15 is 8.78 Å². The second-order valence-corrected chi connectivity index (χ2v) is 20.8. The number of unbranched alkanes of at least 4 members (excludes halogenated alkanes) is 13. The van der Waals surface area contributed by atoms with Crippen molar-refractivity contribution in [2.45, 2.75) is 141 Å². The molecule has 0 bridgehead atoms. The lowest BCUT2D eigenvalue weighted by atomic mass is 10.0. The molecule has 4 aliphatic rings. The maximum atomic E-state index is 15.4. The average Bonchev–Trinajstić information content (AvgIpc) is 4.36. The third-order valence-electron chi connectivity index (χ3n) is 15.2. The van der Waals surface area contributed by atoms with Crippen LogP contribution in [-0.4, -0.2) is 130 Å². The molecular formula is C56H70F2N6O12. The number of carboxylic acids is 2. The van der Waals surface area contributed by atoms with Crippen LogP contribution >= 0.6 is 0 Å². The van der Waals surface area contributed by atoms with Gasteiger partial charge in [0.25, 0.3) is 11.8 Å². The quantitative estimate of drug-likeness (QED) is 0.0428. The fourth-order valence-corrected chi connectivity index (χ4v) is 10.5. The molecule has 76 heavy (non-hydrogen) atoms. The Labute approximate surface area is 439 Å². The second kappa shape index (κ2) is 25.8. The number of rotatable bonds is 27. The van der Waals surface area contributed by atoms with E-state index in [-0.39, 0.29) is 83.2 Å². The molecule has 2 amide bonds. The number of carboxylic acid groups (broad SMARTS) is 2. The third-order valence-corrected chi connectivity index (χ3v) is 15.2. The van der Waals surface area contributed by atoms with Crippen molar-refractivity contribution in [2.75, 3.05) is 75.4 Å². The molecule has 4 aromatic rings. The van der Waals surface area contributed by atoms with Crippen molar-refractivity contribution in [3.05, 3.63) is 79.9 Å². The highest BCUT2D eigenvalue weighted by atomic mass is 19.1. The SMILES string of the molecule is O=C(CCCCCCCCCCCCCCCCC(=O)OCC(=O)N1CCN(c2cc3c(cc2F)c(=O)c(C(=O)O)cn3C2CC2)CC1)OCC(=O)N1CCN(c2cc3c(cc2F)c(=O)c(C(=O)O)cn3C2CC2)CC1. The zero-order chi connectivity index (χ0) is 53.9. The van der Waals surface area contributed by atoms with Crippen LogP contribution in [0.5, 0.6) is 0 Å². The van der Waals surface area contributed by atoms with Gasteiger partial charge in [-0.1, -0.05) is 77.0 Å². The van der Waals surface area contributed by atoms with Crippen molar-refractivity contribution in [1.82, 2.24) is 18.9 Å². The molecule has 0 radical (unpaired) electrons. The monoisotopic (exact) mass is 1060 g/mol. The summed E-state index contributed by atoms with van der Waals surface area (Å²) in [5.41, 5.74) is -0.661. The summed E-state index contributed by atoms with van der Waals surface area (Å²) < 4.78 is 44.8. The van der Waals surface area contributed by atoms with Crippen LogP contribution in [0.3, 0.4) is 0 Å². The minimum atomic E-state index is -1.35. The Morgan fingerprint density at radius 2 is 0.789 bits per heavy atom. The number of pyridine rings is 2. The summed E-state index contributed by atoms with van der Waals surface area (Å²) in [6.07, 6.45) is 21.1. The molecular weight excluding hydrogens is 987 g/mol. The summed E-state index contributed by atoms with van der Waals surface area (Å²) in [7, 11) is 0. The first-order chi connectivity index (χ1) is 36.7.